The summed E-state index contributed by atoms with van der Waals surface area (Å²) in [5, 5.41) is 6.48. The molecule has 0 spiro atoms. The Morgan fingerprint density at radius 3 is 2.17 bits per heavy atom. The van der Waals surface area contributed by atoms with Gasteiger partial charge in [-0.25, -0.2) is 4.79 Å². The van der Waals surface area contributed by atoms with Crippen molar-refractivity contribution >= 4 is 17.7 Å². The van der Waals surface area contributed by atoms with Crippen LogP contribution in [0.5, 0.6) is 0 Å². The van der Waals surface area contributed by atoms with Gasteiger partial charge < -0.3 is 14.0 Å². The third-order valence-electron chi connectivity index (χ3n) is 6.17. The van der Waals surface area contributed by atoms with Crippen LogP contribution in [0.25, 0.3) is 22.5 Å². The smallest absolute Gasteiger partial charge is 0.416 e. The van der Waals surface area contributed by atoms with Gasteiger partial charge >= 0.3 is 18.2 Å². The number of benzene rings is 3. The maximum absolute atomic E-state index is 13.4. The van der Waals surface area contributed by atoms with Gasteiger partial charge in [0.2, 0.25) is 0 Å². The molecule has 1 amide bonds. The number of rotatable bonds is 8. The molecule has 0 aliphatic heterocycles. The first kappa shape index (κ1) is 28.4. The third-order valence-corrected chi connectivity index (χ3v) is 6.17. The molecule has 0 bridgehead atoms. The van der Waals surface area contributed by atoms with E-state index in [-0.39, 0.29) is 29.4 Å². The predicted octanol–water partition coefficient (Wildman–Crippen LogP) is 7.75. The van der Waals surface area contributed by atoms with Gasteiger partial charge in [0.25, 0.3) is 0 Å². The molecule has 4 rings (SSSR count). The lowest BCUT2D eigenvalue weighted by molar-refractivity contribution is -0.142. The summed E-state index contributed by atoms with van der Waals surface area (Å²) >= 11 is 0. The van der Waals surface area contributed by atoms with Crippen LogP contribution in [-0.2, 0) is 26.9 Å². The molecule has 0 fully saturated rings. The molecule has 0 saturated heterocycles. The van der Waals surface area contributed by atoms with E-state index in [0.717, 1.165) is 22.8 Å². The van der Waals surface area contributed by atoms with Crippen LogP contribution >= 0.6 is 0 Å². The van der Waals surface area contributed by atoms with Crippen molar-refractivity contribution in [3.63, 3.8) is 0 Å². The Kier molecular flexibility index (Phi) is 8.57. The first-order valence-electron chi connectivity index (χ1n) is 12.5. The van der Waals surface area contributed by atoms with Crippen molar-refractivity contribution in [1.82, 2.24) is 5.16 Å². The van der Waals surface area contributed by atoms with Crippen molar-refractivity contribution in [2.75, 3.05) is 11.9 Å². The highest BCUT2D eigenvalue weighted by molar-refractivity contribution is 5.91. The highest BCUT2D eigenvalue weighted by Crippen LogP contribution is 2.36. The molecule has 0 aliphatic rings. The number of esters is 1. The fourth-order valence-electron chi connectivity index (χ4n) is 4.19. The maximum atomic E-state index is 13.4. The minimum absolute atomic E-state index is 0.156. The summed E-state index contributed by atoms with van der Waals surface area (Å²) in [6.07, 6.45) is -6.50. The van der Waals surface area contributed by atoms with E-state index in [9.17, 15) is 22.8 Å². The zero-order valence-electron chi connectivity index (χ0n) is 22.0. The van der Waals surface area contributed by atoms with Gasteiger partial charge in [-0.15, -0.1) is 0 Å². The quantitative estimate of drug-likeness (QED) is 0.225. The lowest BCUT2D eigenvalue weighted by Gasteiger charge is -2.19. The lowest BCUT2D eigenvalue weighted by Crippen LogP contribution is -2.19. The summed E-state index contributed by atoms with van der Waals surface area (Å²) in [5.41, 5.74) is 2.90. The van der Waals surface area contributed by atoms with Crippen molar-refractivity contribution in [3.8, 4) is 22.5 Å². The molecular weight excluding hydrogens is 525 g/mol. The van der Waals surface area contributed by atoms with Crippen molar-refractivity contribution in [3.05, 3.63) is 95.2 Å². The molecular formula is C30H27F3N2O5. The number of hydrogen-bond donors (Lipinski definition) is 1. The summed E-state index contributed by atoms with van der Waals surface area (Å²) in [6.45, 7) is 5.09. The largest absolute Gasteiger partial charge is 0.466 e. The second-order valence-electron chi connectivity index (χ2n) is 8.99. The number of hydrogen-bond acceptors (Lipinski definition) is 6. The SMILES string of the molecule is CCOC(=O)Cc1ccc(-c2ccc(-c3onc(C)c3NC(=O)O[C@H](C)c3ccccc3C(F)(F)F)cc2)cc1. The van der Waals surface area contributed by atoms with E-state index in [1.165, 1.54) is 25.1 Å². The fraction of sp³-hybridized carbons (Fsp3) is 0.233. The van der Waals surface area contributed by atoms with Crippen molar-refractivity contribution < 1.29 is 36.8 Å². The van der Waals surface area contributed by atoms with Crippen LogP contribution < -0.4 is 5.32 Å². The average molecular weight is 553 g/mol. The van der Waals surface area contributed by atoms with E-state index in [2.05, 4.69) is 10.5 Å². The monoisotopic (exact) mass is 552 g/mol. The van der Waals surface area contributed by atoms with Gasteiger partial charge in [-0.2, -0.15) is 13.2 Å². The molecule has 40 heavy (non-hydrogen) atoms. The Labute approximate surface area is 228 Å². The number of carbonyl (C=O) groups excluding carboxylic acids is 2. The van der Waals surface area contributed by atoms with Crippen molar-refractivity contribution in [2.24, 2.45) is 0 Å². The molecule has 0 saturated carbocycles. The average Bonchev–Trinajstić information content (AvgIpc) is 3.28. The molecule has 0 radical (unpaired) electrons. The topological polar surface area (TPSA) is 90.7 Å². The van der Waals surface area contributed by atoms with Gasteiger partial charge in [0.05, 0.1) is 18.6 Å². The van der Waals surface area contributed by atoms with Crippen LogP contribution in [0.15, 0.2) is 77.3 Å². The van der Waals surface area contributed by atoms with Crippen LogP contribution in [0, 0.1) is 6.92 Å². The zero-order valence-corrected chi connectivity index (χ0v) is 22.0. The van der Waals surface area contributed by atoms with Crippen LogP contribution in [0.1, 0.15) is 42.3 Å². The fourth-order valence-corrected chi connectivity index (χ4v) is 4.19. The number of aryl methyl sites for hydroxylation is 1. The Morgan fingerprint density at radius 1 is 0.950 bits per heavy atom. The molecule has 1 N–H and O–H groups in total. The number of amides is 1. The van der Waals surface area contributed by atoms with Crippen LogP contribution in [0.3, 0.4) is 0 Å². The lowest BCUT2D eigenvalue weighted by atomic mass is 10.0. The minimum Gasteiger partial charge on any atom is -0.466 e. The maximum Gasteiger partial charge on any atom is 0.416 e. The van der Waals surface area contributed by atoms with Gasteiger partial charge in [0, 0.05) is 11.1 Å². The first-order valence-corrected chi connectivity index (χ1v) is 12.5. The summed E-state index contributed by atoms with van der Waals surface area (Å²) in [5.74, 6) is -0.00930. The van der Waals surface area contributed by atoms with Crippen LogP contribution in [0.2, 0.25) is 0 Å². The van der Waals surface area contributed by atoms with E-state index in [4.69, 9.17) is 14.0 Å². The number of aromatic nitrogens is 1. The van der Waals surface area contributed by atoms with Crippen LogP contribution in [0.4, 0.5) is 23.7 Å². The number of alkyl halides is 3. The Bertz CT molecular complexity index is 1480. The molecule has 0 aliphatic carbocycles. The van der Waals surface area contributed by atoms with E-state index in [0.29, 0.717) is 17.9 Å². The normalized spacial score (nSPS) is 12.1. The van der Waals surface area contributed by atoms with Crippen LogP contribution in [-0.4, -0.2) is 23.8 Å². The van der Waals surface area contributed by atoms with Gasteiger partial charge in [-0.1, -0.05) is 71.9 Å². The zero-order chi connectivity index (χ0) is 28.9. The van der Waals surface area contributed by atoms with E-state index < -0.39 is 23.9 Å². The molecule has 1 atom stereocenters. The van der Waals surface area contributed by atoms with E-state index >= 15 is 0 Å². The van der Waals surface area contributed by atoms with E-state index in [1.54, 1.807) is 26.0 Å². The number of anilines is 1. The summed E-state index contributed by atoms with van der Waals surface area (Å²) in [4.78, 5) is 24.3. The minimum atomic E-state index is -4.58. The molecule has 10 heteroatoms. The molecule has 1 aromatic heterocycles. The van der Waals surface area contributed by atoms with Crippen molar-refractivity contribution in [1.29, 1.82) is 0 Å². The molecule has 3 aromatic carbocycles. The first-order chi connectivity index (χ1) is 19.1. The Morgan fingerprint density at radius 2 is 1.55 bits per heavy atom. The van der Waals surface area contributed by atoms with Crippen molar-refractivity contribution in [2.45, 2.75) is 39.5 Å². The van der Waals surface area contributed by atoms with Gasteiger partial charge in [-0.3, -0.25) is 10.1 Å². The second kappa shape index (κ2) is 12.1. The number of ether oxygens (including phenoxy) is 2. The highest BCUT2D eigenvalue weighted by atomic mass is 19.4. The number of nitrogens with one attached hydrogen (secondary N) is 1. The number of carbonyl (C=O) groups is 2. The Hall–Kier alpha value is -4.60. The van der Waals surface area contributed by atoms with Gasteiger partial charge in [0.1, 0.15) is 17.5 Å². The second-order valence-corrected chi connectivity index (χ2v) is 8.99. The molecule has 1 heterocycles. The molecule has 208 valence electrons. The predicted molar refractivity (Wildman–Crippen MR) is 142 cm³/mol. The van der Waals surface area contributed by atoms with E-state index in [1.807, 2.05) is 36.4 Å². The highest BCUT2D eigenvalue weighted by Gasteiger charge is 2.35. The molecule has 0 unspecified atom stereocenters. The molecule has 7 nitrogen and oxygen atoms in total. The van der Waals surface area contributed by atoms with Gasteiger partial charge in [0.15, 0.2) is 5.76 Å². The standard InChI is InChI=1S/C30H27F3N2O5/c1-4-38-26(36)17-20-9-11-21(12-10-20)22-13-15-23(16-14-22)28-27(18(2)35-40-28)34-29(37)39-19(3)24-7-5-6-8-25(24)30(31,32)33/h5-16,19H,4,17H2,1-3H3,(H,34,37)/t19-/m1/s1. The summed E-state index contributed by atoms with van der Waals surface area (Å²) < 4.78 is 55.8. The summed E-state index contributed by atoms with van der Waals surface area (Å²) in [6, 6.07) is 19.8. The van der Waals surface area contributed by atoms with Gasteiger partial charge in [-0.05, 0) is 43.5 Å². The third kappa shape index (κ3) is 6.69. The molecule has 4 aromatic rings. The summed E-state index contributed by atoms with van der Waals surface area (Å²) in [7, 11) is 0. The Balaban J connectivity index is 1.46. The number of halogens is 3. The number of nitrogens with zero attached hydrogens (tertiary/aromatic N) is 1.